The lowest BCUT2D eigenvalue weighted by atomic mass is 9.93. The van der Waals surface area contributed by atoms with Crippen LogP contribution in [-0.2, 0) is 4.57 Å². The van der Waals surface area contributed by atoms with Crippen LogP contribution in [0.5, 0.6) is 23.0 Å². The Labute approximate surface area is 137 Å². The molecule has 24 heavy (non-hydrogen) atoms. The molecule has 5 nitrogen and oxygen atoms in total. The maximum Gasteiger partial charge on any atom is 0.647 e. The molecule has 1 atom stereocenters. The average molecular weight is 338 g/mol. The predicted octanol–water partition coefficient (Wildman–Crippen LogP) is 5.00. The van der Waals surface area contributed by atoms with E-state index >= 15 is 0 Å². The van der Waals surface area contributed by atoms with Crippen LogP contribution in [0.15, 0.2) is 60.7 Å². The molecule has 0 radical (unpaired) electrons. The van der Waals surface area contributed by atoms with E-state index in [4.69, 9.17) is 13.6 Å². The Morgan fingerprint density at radius 2 is 1.50 bits per heavy atom. The van der Waals surface area contributed by atoms with Crippen LogP contribution in [0, 0.1) is 0 Å². The molecule has 118 valence electrons. The summed E-state index contributed by atoms with van der Waals surface area (Å²) in [5.74, 6) is 1.40. The number of phenols is 1. The van der Waals surface area contributed by atoms with E-state index < -0.39 is 7.82 Å². The molecule has 2 bridgehead atoms. The highest BCUT2D eigenvalue weighted by atomic mass is 31.2. The van der Waals surface area contributed by atoms with Crippen molar-refractivity contribution in [3.63, 3.8) is 0 Å². The summed E-state index contributed by atoms with van der Waals surface area (Å²) in [5.41, 5.74) is 3.45. The summed E-state index contributed by atoms with van der Waals surface area (Å²) >= 11 is 0. The van der Waals surface area contributed by atoms with Crippen molar-refractivity contribution in [2.75, 3.05) is 0 Å². The van der Waals surface area contributed by atoms with Gasteiger partial charge < -0.3 is 18.7 Å². The first kappa shape index (κ1) is 13.5. The van der Waals surface area contributed by atoms with Crippen LogP contribution in [0.2, 0.25) is 0 Å². The quantitative estimate of drug-likeness (QED) is 0.666. The van der Waals surface area contributed by atoms with Crippen LogP contribution in [-0.4, -0.2) is 5.11 Å². The molecule has 0 amide bonds. The normalized spacial score (nSPS) is 19.5. The van der Waals surface area contributed by atoms with Gasteiger partial charge in [-0.3, -0.25) is 0 Å². The van der Waals surface area contributed by atoms with E-state index in [0.717, 1.165) is 22.3 Å². The van der Waals surface area contributed by atoms with Gasteiger partial charge in [0.25, 0.3) is 0 Å². The van der Waals surface area contributed by atoms with Crippen molar-refractivity contribution in [2.45, 2.75) is 0 Å². The number of aromatic hydroxyl groups is 1. The van der Waals surface area contributed by atoms with Crippen molar-refractivity contribution < 1.29 is 23.2 Å². The predicted molar refractivity (Wildman–Crippen MR) is 88.5 cm³/mol. The first-order valence-electron chi connectivity index (χ1n) is 7.38. The van der Waals surface area contributed by atoms with E-state index in [-0.39, 0.29) is 5.75 Å². The first-order chi connectivity index (χ1) is 11.6. The van der Waals surface area contributed by atoms with Gasteiger partial charge in [-0.05, 0) is 34.9 Å². The summed E-state index contributed by atoms with van der Waals surface area (Å²) in [6.07, 6.45) is 0. The molecule has 3 aromatic carbocycles. The average Bonchev–Trinajstić information content (AvgIpc) is 3.10. The fourth-order valence-corrected chi connectivity index (χ4v) is 4.30. The van der Waals surface area contributed by atoms with Crippen molar-refractivity contribution >= 4 is 7.82 Å². The van der Waals surface area contributed by atoms with E-state index in [0.29, 0.717) is 17.2 Å². The maximum atomic E-state index is 12.3. The van der Waals surface area contributed by atoms with Gasteiger partial charge in [0.15, 0.2) is 11.5 Å². The van der Waals surface area contributed by atoms with Gasteiger partial charge in [0.2, 0.25) is 5.75 Å². The van der Waals surface area contributed by atoms with E-state index in [2.05, 4.69) is 0 Å². The minimum absolute atomic E-state index is 0.173. The Morgan fingerprint density at radius 3 is 2.21 bits per heavy atom. The van der Waals surface area contributed by atoms with E-state index in [1.54, 1.807) is 24.3 Å². The third-order valence-electron chi connectivity index (χ3n) is 4.06. The van der Waals surface area contributed by atoms with E-state index in [1.165, 1.54) is 0 Å². The third kappa shape index (κ3) is 1.85. The number of benzene rings is 3. The SMILES string of the molecule is O=P12Oc3cc(-c4ccccc4)c(-c4ccc(O)cc4)c(c3O1)O2. The van der Waals surface area contributed by atoms with Gasteiger partial charge in [-0.25, -0.2) is 0 Å². The van der Waals surface area contributed by atoms with Crippen LogP contribution in [0.25, 0.3) is 22.3 Å². The molecule has 5 rings (SSSR count). The zero-order chi connectivity index (χ0) is 16.3. The molecule has 1 N–H and O–H groups in total. The summed E-state index contributed by atoms with van der Waals surface area (Å²) in [5, 5.41) is 9.56. The lowest BCUT2D eigenvalue weighted by Gasteiger charge is -2.18. The molecule has 6 heteroatoms. The molecule has 2 aliphatic heterocycles. The molecule has 2 heterocycles. The molecular weight excluding hydrogens is 327 g/mol. The van der Waals surface area contributed by atoms with Crippen LogP contribution in [0.3, 0.4) is 0 Å². The van der Waals surface area contributed by atoms with Crippen molar-refractivity contribution in [1.82, 2.24) is 0 Å². The van der Waals surface area contributed by atoms with Crippen LogP contribution >= 0.6 is 7.82 Å². The van der Waals surface area contributed by atoms with Gasteiger partial charge in [0, 0.05) is 5.56 Å². The molecule has 0 aliphatic carbocycles. The number of phosphoric acid groups is 1. The van der Waals surface area contributed by atoms with Crippen molar-refractivity contribution in [3.8, 4) is 45.3 Å². The Balaban J connectivity index is 1.83. The lowest BCUT2D eigenvalue weighted by molar-refractivity contribution is 0.354. The summed E-state index contributed by atoms with van der Waals surface area (Å²) in [6, 6.07) is 18.4. The Hall–Kier alpha value is -2.91. The van der Waals surface area contributed by atoms with Gasteiger partial charge in [0.1, 0.15) is 5.75 Å². The zero-order valence-corrected chi connectivity index (χ0v) is 13.2. The molecule has 2 aliphatic rings. The largest absolute Gasteiger partial charge is 0.647 e. The monoisotopic (exact) mass is 338 g/mol. The fraction of sp³-hybridized carbons (Fsp3) is 0. The molecule has 0 fully saturated rings. The Kier molecular flexibility index (Phi) is 2.57. The van der Waals surface area contributed by atoms with Gasteiger partial charge in [-0.15, -0.1) is 0 Å². The lowest BCUT2D eigenvalue weighted by Crippen LogP contribution is -2.00. The summed E-state index contributed by atoms with van der Waals surface area (Å²) in [4.78, 5) is 0. The number of phenolic OH excluding ortho intramolecular Hbond substituents is 1. The van der Waals surface area contributed by atoms with Gasteiger partial charge in [0.05, 0.1) is 0 Å². The number of hydrogen-bond donors (Lipinski definition) is 1. The van der Waals surface area contributed by atoms with Crippen molar-refractivity contribution in [1.29, 1.82) is 0 Å². The number of phosphoric ester groups is 1. The smallest absolute Gasteiger partial charge is 0.508 e. The first-order valence-corrected chi connectivity index (χ1v) is 8.84. The highest BCUT2D eigenvalue weighted by Gasteiger charge is 2.51. The topological polar surface area (TPSA) is 65.0 Å². The van der Waals surface area contributed by atoms with Crippen molar-refractivity contribution in [2.24, 2.45) is 0 Å². The maximum absolute atomic E-state index is 12.3. The minimum Gasteiger partial charge on any atom is -0.508 e. The van der Waals surface area contributed by atoms with Gasteiger partial charge in [-0.1, -0.05) is 42.5 Å². The highest BCUT2D eigenvalue weighted by Crippen LogP contribution is 2.71. The molecule has 0 saturated carbocycles. The second-order valence-corrected chi connectivity index (χ2v) is 7.03. The standard InChI is InChI=1S/C18H11O5P/c19-13-8-6-12(7-9-13)16-14(11-4-2-1-3-5-11)10-15-17-18(16)23-24(20,21-15)22-17/h1-10,19H. The Bertz CT molecular complexity index is 1010. The molecule has 0 spiro atoms. The highest BCUT2D eigenvalue weighted by molar-refractivity contribution is 7.50. The molecular formula is C18H11O5P. The molecule has 1 unspecified atom stereocenters. The fourth-order valence-electron chi connectivity index (χ4n) is 3.02. The summed E-state index contributed by atoms with van der Waals surface area (Å²) in [7, 11) is -3.57. The van der Waals surface area contributed by atoms with Crippen LogP contribution < -0.4 is 13.6 Å². The van der Waals surface area contributed by atoms with Crippen LogP contribution in [0.1, 0.15) is 0 Å². The number of hydrogen-bond acceptors (Lipinski definition) is 5. The number of rotatable bonds is 2. The summed E-state index contributed by atoms with van der Waals surface area (Å²) in [6.45, 7) is 0. The van der Waals surface area contributed by atoms with E-state index in [9.17, 15) is 9.67 Å². The Morgan fingerprint density at radius 1 is 0.792 bits per heavy atom. The third-order valence-corrected chi connectivity index (χ3v) is 5.29. The van der Waals surface area contributed by atoms with Crippen molar-refractivity contribution in [3.05, 3.63) is 60.7 Å². The number of fused-ring (bicyclic) bond motifs is 1. The van der Waals surface area contributed by atoms with Crippen LogP contribution in [0.4, 0.5) is 0 Å². The van der Waals surface area contributed by atoms with E-state index in [1.807, 2.05) is 36.4 Å². The minimum atomic E-state index is -3.57. The second-order valence-electron chi connectivity index (χ2n) is 5.59. The zero-order valence-electron chi connectivity index (χ0n) is 12.3. The molecule has 3 aromatic rings. The summed E-state index contributed by atoms with van der Waals surface area (Å²) < 4.78 is 28.4. The molecule has 0 aromatic heterocycles. The second kappa shape index (κ2) is 4.56. The van der Waals surface area contributed by atoms with Gasteiger partial charge in [-0.2, -0.15) is 4.57 Å². The molecule has 0 saturated heterocycles. The van der Waals surface area contributed by atoms with Gasteiger partial charge >= 0.3 is 7.82 Å².